The van der Waals surface area contributed by atoms with Crippen LogP contribution in [0, 0.1) is 6.92 Å². The minimum Gasteiger partial charge on any atom is -0.397 e. The molecule has 0 aliphatic carbocycles. The fourth-order valence-electron chi connectivity index (χ4n) is 1.62. The second-order valence-electron chi connectivity index (χ2n) is 4.08. The number of nitrogens with zero attached hydrogens (tertiary/aromatic N) is 2. The quantitative estimate of drug-likeness (QED) is 0.682. The third-order valence-electron chi connectivity index (χ3n) is 2.56. The van der Waals surface area contributed by atoms with Gasteiger partial charge in [-0.2, -0.15) is 4.98 Å². The van der Waals surface area contributed by atoms with E-state index in [9.17, 15) is 4.79 Å². The van der Waals surface area contributed by atoms with Gasteiger partial charge >= 0.3 is 0 Å². The van der Waals surface area contributed by atoms with Crippen LogP contribution in [0.1, 0.15) is 22.1 Å². The van der Waals surface area contributed by atoms with Crippen LogP contribution in [-0.4, -0.2) is 22.6 Å². The summed E-state index contributed by atoms with van der Waals surface area (Å²) in [6.45, 7) is 2.36. The van der Waals surface area contributed by atoms with E-state index < -0.39 is 5.91 Å². The van der Waals surface area contributed by atoms with E-state index >= 15 is 0 Å². The number of anilines is 2. The number of primary amides is 1. The Morgan fingerprint density at radius 3 is 2.84 bits per heavy atom. The lowest BCUT2D eigenvalue weighted by molar-refractivity contribution is 0.100. The maximum Gasteiger partial charge on any atom is 0.248 e. The number of amides is 1. The second kappa shape index (κ2) is 5.38. The lowest BCUT2D eigenvalue weighted by Gasteiger charge is -2.08. The molecule has 0 aliphatic heterocycles. The van der Waals surface area contributed by atoms with Crippen molar-refractivity contribution in [2.24, 2.45) is 5.73 Å². The Balaban J connectivity index is 1.94. The Morgan fingerprint density at radius 1 is 1.47 bits per heavy atom. The first-order chi connectivity index (χ1) is 9.06. The molecule has 0 saturated heterocycles. The third kappa shape index (κ3) is 3.21. The van der Waals surface area contributed by atoms with E-state index in [1.165, 1.54) is 0 Å². The highest BCUT2D eigenvalue weighted by Crippen LogP contribution is 2.19. The number of carbonyl (C=O) groups excluding carboxylic acids is 1. The number of rotatable bonds is 5. The topological polar surface area (TPSA) is 120 Å². The zero-order valence-corrected chi connectivity index (χ0v) is 10.5. The summed E-state index contributed by atoms with van der Waals surface area (Å²) < 4.78 is 4.99. The molecule has 5 N–H and O–H groups in total. The molecule has 0 aliphatic rings. The van der Waals surface area contributed by atoms with Gasteiger partial charge < -0.3 is 21.3 Å². The molecule has 2 rings (SSSR count). The van der Waals surface area contributed by atoms with Crippen LogP contribution in [0.5, 0.6) is 0 Å². The molecule has 0 unspecified atom stereocenters. The van der Waals surface area contributed by atoms with Crippen LogP contribution in [0.2, 0.25) is 0 Å². The van der Waals surface area contributed by atoms with Crippen molar-refractivity contribution in [3.8, 4) is 0 Å². The lowest BCUT2D eigenvalue weighted by Crippen LogP contribution is -2.12. The number of carbonyl (C=O) groups is 1. The van der Waals surface area contributed by atoms with Gasteiger partial charge in [0, 0.05) is 18.5 Å². The van der Waals surface area contributed by atoms with Gasteiger partial charge in [-0.1, -0.05) is 5.16 Å². The average Bonchev–Trinajstić information content (AvgIpc) is 2.77. The van der Waals surface area contributed by atoms with Crippen molar-refractivity contribution in [2.75, 3.05) is 17.6 Å². The van der Waals surface area contributed by atoms with Crippen molar-refractivity contribution in [1.82, 2.24) is 10.1 Å². The number of aromatic nitrogens is 2. The molecule has 7 heteroatoms. The zero-order chi connectivity index (χ0) is 13.8. The minimum absolute atomic E-state index is 0.385. The molecule has 0 bridgehead atoms. The SMILES string of the molecule is Cc1noc(CCNc2ccc(C(N)=O)cc2N)n1. The van der Waals surface area contributed by atoms with Gasteiger partial charge in [0.15, 0.2) is 5.82 Å². The Bertz CT molecular complexity index is 594. The number of nitrogens with one attached hydrogen (secondary N) is 1. The van der Waals surface area contributed by atoms with E-state index in [2.05, 4.69) is 15.5 Å². The van der Waals surface area contributed by atoms with Crippen LogP contribution in [-0.2, 0) is 6.42 Å². The van der Waals surface area contributed by atoms with Gasteiger partial charge in [-0.25, -0.2) is 0 Å². The first kappa shape index (κ1) is 12.9. The van der Waals surface area contributed by atoms with Gasteiger partial charge in [0.25, 0.3) is 0 Å². The molecule has 1 aromatic heterocycles. The number of nitrogens with two attached hydrogens (primary N) is 2. The third-order valence-corrected chi connectivity index (χ3v) is 2.56. The average molecular weight is 261 g/mol. The summed E-state index contributed by atoms with van der Waals surface area (Å²) in [7, 11) is 0. The predicted molar refractivity (Wildman–Crippen MR) is 70.6 cm³/mol. The van der Waals surface area contributed by atoms with Crippen LogP contribution in [0.3, 0.4) is 0 Å². The summed E-state index contributed by atoms with van der Waals surface area (Å²) in [4.78, 5) is 15.1. The van der Waals surface area contributed by atoms with Crippen LogP contribution in [0.15, 0.2) is 22.7 Å². The molecule has 0 radical (unpaired) electrons. The van der Waals surface area contributed by atoms with Gasteiger partial charge in [0.1, 0.15) is 0 Å². The number of hydrogen-bond donors (Lipinski definition) is 3. The molecular formula is C12H15N5O2. The summed E-state index contributed by atoms with van der Waals surface area (Å²) in [5.74, 6) is 0.678. The van der Waals surface area contributed by atoms with Gasteiger partial charge in [-0.05, 0) is 25.1 Å². The normalized spacial score (nSPS) is 10.4. The van der Waals surface area contributed by atoms with Crippen molar-refractivity contribution in [2.45, 2.75) is 13.3 Å². The van der Waals surface area contributed by atoms with Crippen LogP contribution in [0.4, 0.5) is 11.4 Å². The van der Waals surface area contributed by atoms with E-state index in [0.717, 1.165) is 5.69 Å². The van der Waals surface area contributed by atoms with Gasteiger partial charge in [0.05, 0.1) is 11.4 Å². The number of hydrogen-bond acceptors (Lipinski definition) is 6. The Kier molecular flexibility index (Phi) is 3.65. The Morgan fingerprint density at radius 2 is 2.26 bits per heavy atom. The largest absolute Gasteiger partial charge is 0.397 e. The molecule has 0 fully saturated rings. The molecule has 0 spiro atoms. The zero-order valence-electron chi connectivity index (χ0n) is 10.5. The van der Waals surface area contributed by atoms with Gasteiger partial charge in [-0.3, -0.25) is 4.79 Å². The van der Waals surface area contributed by atoms with Crippen LogP contribution >= 0.6 is 0 Å². The molecule has 2 aromatic rings. The molecule has 1 amide bonds. The Labute approximate surface area is 110 Å². The molecule has 0 atom stereocenters. The van der Waals surface area contributed by atoms with Crippen molar-refractivity contribution in [3.05, 3.63) is 35.5 Å². The smallest absolute Gasteiger partial charge is 0.248 e. The minimum atomic E-state index is -0.500. The van der Waals surface area contributed by atoms with Crippen LogP contribution in [0.25, 0.3) is 0 Å². The second-order valence-corrected chi connectivity index (χ2v) is 4.08. The molecule has 1 heterocycles. The number of nitrogen functional groups attached to an aromatic ring is 1. The van der Waals surface area contributed by atoms with E-state index in [1.807, 2.05) is 0 Å². The lowest BCUT2D eigenvalue weighted by atomic mass is 10.1. The first-order valence-electron chi connectivity index (χ1n) is 5.78. The highest BCUT2D eigenvalue weighted by atomic mass is 16.5. The fraction of sp³-hybridized carbons (Fsp3) is 0.250. The van der Waals surface area contributed by atoms with Gasteiger partial charge in [-0.15, -0.1) is 0 Å². The number of benzene rings is 1. The fourth-order valence-corrected chi connectivity index (χ4v) is 1.62. The van der Waals surface area contributed by atoms with E-state index in [-0.39, 0.29) is 0 Å². The highest BCUT2D eigenvalue weighted by molar-refractivity contribution is 5.94. The molecule has 100 valence electrons. The molecule has 0 saturated carbocycles. The van der Waals surface area contributed by atoms with Crippen molar-refractivity contribution in [3.63, 3.8) is 0 Å². The van der Waals surface area contributed by atoms with E-state index in [0.29, 0.717) is 35.9 Å². The highest BCUT2D eigenvalue weighted by Gasteiger charge is 2.06. The van der Waals surface area contributed by atoms with E-state index in [1.54, 1.807) is 25.1 Å². The van der Waals surface area contributed by atoms with Crippen molar-refractivity contribution >= 4 is 17.3 Å². The maximum absolute atomic E-state index is 11.0. The summed E-state index contributed by atoms with van der Waals surface area (Å²) in [5.41, 5.74) is 12.6. The van der Waals surface area contributed by atoms with E-state index in [4.69, 9.17) is 16.0 Å². The predicted octanol–water partition coefficient (Wildman–Crippen LogP) is 0.714. The van der Waals surface area contributed by atoms with Crippen molar-refractivity contribution < 1.29 is 9.32 Å². The Hall–Kier alpha value is -2.57. The summed E-state index contributed by atoms with van der Waals surface area (Å²) in [5, 5.41) is 6.83. The molecule has 19 heavy (non-hydrogen) atoms. The van der Waals surface area contributed by atoms with Crippen molar-refractivity contribution in [1.29, 1.82) is 0 Å². The first-order valence-corrected chi connectivity index (χ1v) is 5.78. The van der Waals surface area contributed by atoms with Crippen LogP contribution < -0.4 is 16.8 Å². The molecule has 7 nitrogen and oxygen atoms in total. The summed E-state index contributed by atoms with van der Waals surface area (Å²) >= 11 is 0. The summed E-state index contributed by atoms with van der Waals surface area (Å²) in [6, 6.07) is 4.88. The molecule has 1 aromatic carbocycles. The molecular weight excluding hydrogens is 246 g/mol. The standard InChI is InChI=1S/C12H15N5O2/c1-7-16-11(19-17-7)4-5-15-10-3-2-8(12(14)18)6-9(10)13/h2-3,6,15H,4-5,13H2,1H3,(H2,14,18). The van der Waals surface area contributed by atoms with Gasteiger partial charge in [0.2, 0.25) is 11.8 Å². The number of aryl methyl sites for hydroxylation is 1. The summed E-state index contributed by atoms with van der Waals surface area (Å²) in [6.07, 6.45) is 0.595. The monoisotopic (exact) mass is 261 g/mol. The maximum atomic E-state index is 11.0.